The van der Waals surface area contributed by atoms with E-state index < -0.39 is 0 Å². The highest BCUT2D eigenvalue weighted by Crippen LogP contribution is 2.18. The van der Waals surface area contributed by atoms with Crippen LogP contribution >= 0.6 is 0 Å². The molecular formula is C15H22N4O. The second kappa shape index (κ2) is 7.05. The molecule has 2 aromatic rings. The highest BCUT2D eigenvalue weighted by atomic mass is 16.5. The van der Waals surface area contributed by atoms with E-state index in [1.807, 2.05) is 37.8 Å². The Hall–Kier alpha value is -1.88. The van der Waals surface area contributed by atoms with Crippen molar-refractivity contribution in [1.29, 1.82) is 0 Å². The van der Waals surface area contributed by atoms with Crippen LogP contribution in [0.15, 0.2) is 30.7 Å². The van der Waals surface area contributed by atoms with Gasteiger partial charge in [0.2, 0.25) is 5.88 Å². The third kappa shape index (κ3) is 3.36. The highest BCUT2D eigenvalue weighted by molar-refractivity contribution is 5.19. The van der Waals surface area contributed by atoms with Crippen LogP contribution in [0.2, 0.25) is 0 Å². The van der Waals surface area contributed by atoms with Crippen LogP contribution in [-0.4, -0.2) is 28.7 Å². The van der Waals surface area contributed by atoms with Gasteiger partial charge in [-0.15, -0.1) is 0 Å². The zero-order valence-corrected chi connectivity index (χ0v) is 12.3. The molecule has 0 aromatic carbocycles. The molecule has 0 aliphatic carbocycles. The lowest BCUT2D eigenvalue weighted by Crippen LogP contribution is -2.23. The van der Waals surface area contributed by atoms with Crippen molar-refractivity contribution in [3.63, 3.8) is 0 Å². The van der Waals surface area contributed by atoms with E-state index in [1.54, 1.807) is 7.11 Å². The summed E-state index contributed by atoms with van der Waals surface area (Å²) < 4.78 is 7.29. The molecule has 5 heteroatoms. The first-order valence-corrected chi connectivity index (χ1v) is 6.95. The molecule has 2 rings (SSSR count). The Bertz CT molecular complexity index is 521. The summed E-state index contributed by atoms with van der Waals surface area (Å²) in [5, 5.41) is 3.34. The van der Waals surface area contributed by atoms with Gasteiger partial charge in [0.1, 0.15) is 5.82 Å². The minimum atomic E-state index is 0.187. The summed E-state index contributed by atoms with van der Waals surface area (Å²) in [6, 6.07) is 4.12. The van der Waals surface area contributed by atoms with E-state index in [1.165, 1.54) is 0 Å². The molecule has 0 saturated carbocycles. The van der Waals surface area contributed by atoms with Crippen LogP contribution < -0.4 is 10.1 Å². The van der Waals surface area contributed by atoms with Crippen molar-refractivity contribution in [1.82, 2.24) is 19.9 Å². The second-order valence-corrected chi connectivity index (χ2v) is 4.73. The molecule has 0 spiro atoms. The zero-order valence-electron chi connectivity index (χ0n) is 12.3. The number of hydrogen-bond donors (Lipinski definition) is 1. The van der Waals surface area contributed by atoms with E-state index in [-0.39, 0.29) is 6.04 Å². The number of rotatable bonds is 7. The van der Waals surface area contributed by atoms with Gasteiger partial charge in [0.05, 0.1) is 13.2 Å². The summed E-state index contributed by atoms with van der Waals surface area (Å²) >= 11 is 0. The molecule has 1 atom stereocenters. The Balaban J connectivity index is 2.13. The van der Waals surface area contributed by atoms with Gasteiger partial charge in [-0.1, -0.05) is 13.0 Å². The van der Waals surface area contributed by atoms with Gasteiger partial charge in [0, 0.05) is 31.2 Å². The molecule has 2 heterocycles. The molecule has 2 aromatic heterocycles. The fraction of sp³-hybridized carbons (Fsp3) is 0.467. The topological polar surface area (TPSA) is 52.0 Å². The first-order chi connectivity index (χ1) is 9.78. The van der Waals surface area contributed by atoms with Crippen molar-refractivity contribution in [3.8, 4) is 5.88 Å². The molecule has 0 aliphatic heterocycles. The molecule has 0 saturated heterocycles. The summed E-state index contributed by atoms with van der Waals surface area (Å²) in [4.78, 5) is 8.74. The molecule has 5 nitrogen and oxygen atoms in total. The first-order valence-electron chi connectivity index (χ1n) is 6.95. The van der Waals surface area contributed by atoms with Crippen molar-refractivity contribution in [2.45, 2.75) is 32.4 Å². The van der Waals surface area contributed by atoms with Crippen LogP contribution in [0.3, 0.4) is 0 Å². The van der Waals surface area contributed by atoms with Crippen LogP contribution in [0.4, 0.5) is 0 Å². The number of pyridine rings is 1. The maximum atomic E-state index is 5.08. The quantitative estimate of drug-likeness (QED) is 0.841. The third-order valence-corrected chi connectivity index (χ3v) is 3.32. The van der Waals surface area contributed by atoms with Gasteiger partial charge < -0.3 is 14.6 Å². The summed E-state index contributed by atoms with van der Waals surface area (Å²) in [5.74, 6) is 1.72. The Kier molecular flexibility index (Phi) is 5.12. The average Bonchev–Trinajstić information content (AvgIpc) is 2.94. The fourth-order valence-corrected chi connectivity index (χ4v) is 2.27. The van der Waals surface area contributed by atoms with Gasteiger partial charge >= 0.3 is 0 Å². The minimum Gasteiger partial charge on any atom is -0.481 e. The number of aryl methyl sites for hydroxylation is 1. The monoisotopic (exact) mass is 274 g/mol. The largest absolute Gasteiger partial charge is 0.481 e. The summed E-state index contributed by atoms with van der Waals surface area (Å²) in [6.45, 7) is 3.17. The minimum absolute atomic E-state index is 0.187. The Morgan fingerprint density at radius 3 is 2.80 bits per heavy atom. The normalized spacial score (nSPS) is 12.3. The van der Waals surface area contributed by atoms with Crippen LogP contribution in [0.25, 0.3) is 0 Å². The van der Waals surface area contributed by atoms with Crippen LogP contribution in [-0.2, 0) is 13.0 Å². The van der Waals surface area contributed by atoms with Gasteiger partial charge in [-0.25, -0.2) is 9.97 Å². The number of likely N-dealkylation sites (N-methyl/N-ethyl adjacent to an activating group) is 1. The SMILES string of the molecule is CCCn1ccnc1C(Cc1ccc(OC)nc1)NC. The lowest BCUT2D eigenvalue weighted by Gasteiger charge is -2.17. The zero-order chi connectivity index (χ0) is 14.4. The summed E-state index contributed by atoms with van der Waals surface area (Å²) in [5.41, 5.74) is 1.16. The molecule has 108 valence electrons. The smallest absolute Gasteiger partial charge is 0.212 e. The molecule has 0 radical (unpaired) electrons. The molecule has 0 amide bonds. The van der Waals surface area contributed by atoms with E-state index >= 15 is 0 Å². The number of nitrogens with zero attached hydrogens (tertiary/aromatic N) is 3. The first kappa shape index (κ1) is 14.5. The average molecular weight is 274 g/mol. The van der Waals surface area contributed by atoms with Crippen LogP contribution in [0, 0.1) is 0 Å². The number of imidazole rings is 1. The van der Waals surface area contributed by atoms with Crippen molar-refractivity contribution in [2.24, 2.45) is 0 Å². The predicted molar refractivity (Wildman–Crippen MR) is 78.8 cm³/mol. The van der Waals surface area contributed by atoms with Gasteiger partial charge in [-0.05, 0) is 25.5 Å². The predicted octanol–water partition coefficient (Wildman–Crippen LogP) is 2.20. The maximum absolute atomic E-state index is 5.08. The van der Waals surface area contributed by atoms with Crippen LogP contribution in [0.5, 0.6) is 5.88 Å². The van der Waals surface area contributed by atoms with Gasteiger partial charge in [0.25, 0.3) is 0 Å². The number of ether oxygens (including phenoxy) is 1. The van der Waals surface area contributed by atoms with Crippen molar-refractivity contribution in [3.05, 3.63) is 42.1 Å². The third-order valence-electron chi connectivity index (χ3n) is 3.32. The molecule has 1 unspecified atom stereocenters. The Morgan fingerprint density at radius 1 is 1.35 bits per heavy atom. The van der Waals surface area contributed by atoms with E-state index in [2.05, 4.69) is 26.8 Å². The Morgan fingerprint density at radius 2 is 2.20 bits per heavy atom. The molecule has 0 bridgehead atoms. The molecular weight excluding hydrogens is 252 g/mol. The molecule has 0 fully saturated rings. The van der Waals surface area contributed by atoms with E-state index in [9.17, 15) is 0 Å². The molecule has 20 heavy (non-hydrogen) atoms. The van der Waals surface area contributed by atoms with E-state index in [0.29, 0.717) is 5.88 Å². The van der Waals surface area contributed by atoms with E-state index in [4.69, 9.17) is 4.74 Å². The standard InChI is InChI=1S/C15H22N4O/c1-4-8-19-9-7-17-15(19)13(16-2)10-12-5-6-14(20-3)18-11-12/h5-7,9,11,13,16H,4,8,10H2,1-3H3. The van der Waals surface area contributed by atoms with E-state index in [0.717, 1.165) is 30.8 Å². The second-order valence-electron chi connectivity index (χ2n) is 4.73. The fourth-order valence-electron chi connectivity index (χ4n) is 2.27. The Labute approximate surface area is 120 Å². The number of hydrogen-bond acceptors (Lipinski definition) is 4. The number of methoxy groups -OCH3 is 1. The van der Waals surface area contributed by atoms with Gasteiger partial charge in [-0.2, -0.15) is 0 Å². The van der Waals surface area contributed by atoms with Crippen molar-refractivity contribution in [2.75, 3.05) is 14.2 Å². The van der Waals surface area contributed by atoms with Crippen molar-refractivity contribution >= 4 is 0 Å². The highest BCUT2D eigenvalue weighted by Gasteiger charge is 2.15. The maximum Gasteiger partial charge on any atom is 0.212 e. The van der Waals surface area contributed by atoms with Crippen LogP contribution in [0.1, 0.15) is 30.8 Å². The lowest BCUT2D eigenvalue weighted by atomic mass is 10.1. The number of aromatic nitrogens is 3. The summed E-state index contributed by atoms with van der Waals surface area (Å²) in [7, 11) is 3.59. The van der Waals surface area contributed by atoms with Crippen molar-refractivity contribution < 1.29 is 4.74 Å². The van der Waals surface area contributed by atoms with Gasteiger partial charge in [-0.3, -0.25) is 0 Å². The van der Waals surface area contributed by atoms with Gasteiger partial charge in [0.15, 0.2) is 0 Å². The molecule has 1 N–H and O–H groups in total. The lowest BCUT2D eigenvalue weighted by molar-refractivity contribution is 0.397. The number of nitrogens with one attached hydrogen (secondary N) is 1. The molecule has 0 aliphatic rings. The summed E-state index contributed by atoms with van der Waals surface area (Å²) in [6.07, 6.45) is 7.71.